The van der Waals surface area contributed by atoms with E-state index in [0.29, 0.717) is 22.5 Å². The smallest absolute Gasteiger partial charge is 0.260 e. The molecule has 0 bridgehead atoms. The number of rotatable bonds is 3. The third-order valence-electron chi connectivity index (χ3n) is 2.98. The van der Waals surface area contributed by atoms with E-state index in [2.05, 4.69) is 15.3 Å². The van der Waals surface area contributed by atoms with Crippen LogP contribution in [0.2, 0.25) is 0 Å². The molecule has 5 heteroatoms. The summed E-state index contributed by atoms with van der Waals surface area (Å²) in [4.78, 5) is 18.9. The van der Waals surface area contributed by atoms with Gasteiger partial charge in [-0.05, 0) is 37.0 Å². The zero-order valence-corrected chi connectivity index (χ0v) is 9.36. The number of H-pyrrole nitrogens is 1. The van der Waals surface area contributed by atoms with E-state index < -0.39 is 0 Å². The maximum atomic E-state index is 11.8. The predicted molar refractivity (Wildman–Crippen MR) is 68.0 cm³/mol. The van der Waals surface area contributed by atoms with Crippen LogP contribution < -0.4 is 16.6 Å². The number of hydrogen-bond donors (Lipinski definition) is 3. The van der Waals surface area contributed by atoms with Crippen LogP contribution in [0.4, 0.5) is 11.6 Å². The Labute approximate surface area is 98.1 Å². The maximum absolute atomic E-state index is 11.8. The summed E-state index contributed by atoms with van der Waals surface area (Å²) >= 11 is 0. The lowest BCUT2D eigenvalue weighted by Gasteiger charge is -2.05. The van der Waals surface area contributed by atoms with Gasteiger partial charge in [0, 0.05) is 12.2 Å². The second-order valence-corrected chi connectivity index (χ2v) is 4.52. The van der Waals surface area contributed by atoms with Gasteiger partial charge in [0.25, 0.3) is 5.56 Å². The number of benzene rings is 1. The molecule has 1 aliphatic rings. The molecule has 0 unspecified atom stereocenters. The molecule has 1 saturated carbocycles. The summed E-state index contributed by atoms with van der Waals surface area (Å²) in [6, 6.07) is 5.16. The van der Waals surface area contributed by atoms with Crippen molar-refractivity contribution in [2.24, 2.45) is 5.92 Å². The zero-order valence-electron chi connectivity index (χ0n) is 9.36. The minimum absolute atomic E-state index is 0.152. The lowest BCUT2D eigenvalue weighted by molar-refractivity contribution is 0.874. The molecule has 3 rings (SSSR count). The normalized spacial score (nSPS) is 15.1. The summed E-state index contributed by atoms with van der Waals surface area (Å²) in [6.07, 6.45) is 2.53. The highest BCUT2D eigenvalue weighted by Gasteiger charge is 2.20. The first kappa shape index (κ1) is 10.1. The van der Waals surface area contributed by atoms with Crippen LogP contribution in [0, 0.1) is 5.92 Å². The van der Waals surface area contributed by atoms with E-state index in [1.807, 2.05) is 0 Å². The van der Waals surface area contributed by atoms with Gasteiger partial charge in [-0.1, -0.05) is 0 Å². The van der Waals surface area contributed by atoms with Gasteiger partial charge < -0.3 is 11.1 Å². The molecule has 17 heavy (non-hydrogen) atoms. The number of hydrogen-bond acceptors (Lipinski definition) is 4. The summed E-state index contributed by atoms with van der Waals surface area (Å²) in [5, 5.41) is 3.69. The number of nitrogens with two attached hydrogens (primary N) is 1. The summed E-state index contributed by atoms with van der Waals surface area (Å²) in [5.74, 6) is 1.28. The molecule has 0 spiro atoms. The molecule has 1 fully saturated rings. The number of nitrogens with one attached hydrogen (secondary N) is 2. The average Bonchev–Trinajstić information content (AvgIpc) is 3.11. The Hall–Kier alpha value is -2.04. The van der Waals surface area contributed by atoms with Gasteiger partial charge in [0.2, 0.25) is 5.95 Å². The fourth-order valence-electron chi connectivity index (χ4n) is 1.80. The van der Waals surface area contributed by atoms with E-state index in [9.17, 15) is 4.79 Å². The highest BCUT2D eigenvalue weighted by Crippen LogP contribution is 2.28. The molecule has 0 atom stereocenters. The molecule has 0 radical (unpaired) electrons. The Bertz CT molecular complexity index is 615. The van der Waals surface area contributed by atoms with Crippen LogP contribution in [-0.4, -0.2) is 16.5 Å². The second-order valence-electron chi connectivity index (χ2n) is 4.52. The van der Waals surface area contributed by atoms with Crippen molar-refractivity contribution in [3.8, 4) is 0 Å². The first-order chi connectivity index (χ1) is 8.22. The highest BCUT2D eigenvalue weighted by atomic mass is 16.1. The standard InChI is InChI=1S/C12H14N4O/c13-8-3-4-10-9(5-8)11(17)16-12(15-10)14-6-7-1-2-7/h3-5,7H,1-2,6,13H2,(H2,14,15,16,17). The molecule has 2 aromatic rings. The Morgan fingerprint density at radius 1 is 1.47 bits per heavy atom. The van der Waals surface area contributed by atoms with Gasteiger partial charge in [0.05, 0.1) is 10.9 Å². The molecule has 0 amide bonds. The van der Waals surface area contributed by atoms with Gasteiger partial charge in [0.1, 0.15) is 0 Å². The predicted octanol–water partition coefficient (Wildman–Crippen LogP) is 1.33. The summed E-state index contributed by atoms with van der Waals surface area (Å²) < 4.78 is 0. The van der Waals surface area contributed by atoms with Crippen LogP contribution in [0.25, 0.3) is 10.9 Å². The van der Waals surface area contributed by atoms with E-state index in [0.717, 1.165) is 12.5 Å². The summed E-state index contributed by atoms with van der Waals surface area (Å²) in [6.45, 7) is 0.878. The van der Waals surface area contributed by atoms with Crippen molar-refractivity contribution in [1.82, 2.24) is 9.97 Å². The van der Waals surface area contributed by atoms with E-state index in [-0.39, 0.29) is 5.56 Å². The number of fused-ring (bicyclic) bond motifs is 1. The summed E-state index contributed by atoms with van der Waals surface area (Å²) in [7, 11) is 0. The molecule has 5 nitrogen and oxygen atoms in total. The maximum Gasteiger partial charge on any atom is 0.260 e. The van der Waals surface area contributed by atoms with Crippen molar-refractivity contribution in [3.05, 3.63) is 28.6 Å². The molecule has 1 aromatic heterocycles. The number of nitrogens with zero attached hydrogens (tertiary/aromatic N) is 1. The summed E-state index contributed by atoms with van der Waals surface area (Å²) in [5.41, 5.74) is 6.73. The van der Waals surface area contributed by atoms with Crippen molar-refractivity contribution in [1.29, 1.82) is 0 Å². The Balaban J connectivity index is 1.98. The van der Waals surface area contributed by atoms with Gasteiger partial charge in [-0.3, -0.25) is 9.78 Å². The first-order valence-corrected chi connectivity index (χ1v) is 5.76. The van der Waals surface area contributed by atoms with E-state index in [1.54, 1.807) is 18.2 Å². The van der Waals surface area contributed by atoms with Crippen molar-refractivity contribution >= 4 is 22.5 Å². The number of anilines is 2. The molecule has 1 aromatic carbocycles. The van der Waals surface area contributed by atoms with Gasteiger partial charge in [-0.25, -0.2) is 4.98 Å². The third kappa shape index (κ3) is 2.08. The van der Waals surface area contributed by atoms with Gasteiger partial charge in [0.15, 0.2) is 0 Å². The van der Waals surface area contributed by atoms with Crippen molar-refractivity contribution in [3.63, 3.8) is 0 Å². The number of aromatic nitrogens is 2. The van der Waals surface area contributed by atoms with E-state index >= 15 is 0 Å². The minimum atomic E-state index is -0.152. The molecule has 1 aliphatic carbocycles. The first-order valence-electron chi connectivity index (χ1n) is 5.76. The number of nitrogen functional groups attached to an aromatic ring is 1. The van der Waals surface area contributed by atoms with Gasteiger partial charge in [-0.15, -0.1) is 0 Å². The van der Waals surface area contributed by atoms with E-state index in [4.69, 9.17) is 5.73 Å². The molecular formula is C12H14N4O. The Kier molecular flexibility index (Phi) is 2.24. The monoisotopic (exact) mass is 230 g/mol. The lowest BCUT2D eigenvalue weighted by atomic mass is 10.2. The topological polar surface area (TPSA) is 83.8 Å². The van der Waals surface area contributed by atoms with Gasteiger partial charge in [-0.2, -0.15) is 0 Å². The van der Waals surface area contributed by atoms with E-state index in [1.165, 1.54) is 12.8 Å². The Morgan fingerprint density at radius 2 is 2.29 bits per heavy atom. The van der Waals surface area contributed by atoms with Crippen LogP contribution in [0.15, 0.2) is 23.0 Å². The van der Waals surface area contributed by atoms with Crippen LogP contribution in [0.1, 0.15) is 12.8 Å². The highest BCUT2D eigenvalue weighted by molar-refractivity contribution is 5.81. The number of aromatic amines is 1. The molecule has 0 aliphatic heterocycles. The quantitative estimate of drug-likeness (QED) is 0.694. The van der Waals surface area contributed by atoms with Crippen LogP contribution in [0.3, 0.4) is 0 Å². The van der Waals surface area contributed by atoms with Crippen molar-refractivity contribution in [2.45, 2.75) is 12.8 Å². The average molecular weight is 230 g/mol. The molecule has 0 saturated heterocycles. The fraction of sp³-hybridized carbons (Fsp3) is 0.333. The Morgan fingerprint density at radius 3 is 3.06 bits per heavy atom. The van der Waals surface area contributed by atoms with Crippen LogP contribution in [0.5, 0.6) is 0 Å². The molecule has 4 N–H and O–H groups in total. The van der Waals surface area contributed by atoms with Crippen LogP contribution in [-0.2, 0) is 0 Å². The van der Waals surface area contributed by atoms with Crippen molar-refractivity contribution < 1.29 is 0 Å². The zero-order chi connectivity index (χ0) is 11.8. The fourth-order valence-corrected chi connectivity index (χ4v) is 1.80. The van der Waals surface area contributed by atoms with Gasteiger partial charge >= 0.3 is 0 Å². The largest absolute Gasteiger partial charge is 0.399 e. The lowest BCUT2D eigenvalue weighted by Crippen LogP contribution is -2.14. The molecule has 88 valence electrons. The second kappa shape index (κ2) is 3.76. The van der Waals surface area contributed by atoms with Crippen LogP contribution >= 0.6 is 0 Å². The minimum Gasteiger partial charge on any atom is -0.399 e. The van der Waals surface area contributed by atoms with Crippen molar-refractivity contribution in [2.75, 3.05) is 17.6 Å². The molecular weight excluding hydrogens is 216 g/mol. The SMILES string of the molecule is Nc1ccc2nc(NCC3CC3)[nH]c(=O)c2c1. The third-order valence-corrected chi connectivity index (χ3v) is 2.98. The molecule has 1 heterocycles.